The summed E-state index contributed by atoms with van der Waals surface area (Å²) in [7, 11) is 0. The van der Waals surface area contributed by atoms with Crippen molar-refractivity contribution in [2.75, 3.05) is 0 Å². The lowest BCUT2D eigenvalue weighted by molar-refractivity contribution is 0.177. The summed E-state index contributed by atoms with van der Waals surface area (Å²) in [5, 5.41) is 11.8. The monoisotopic (exact) mass is 176 g/mol. The third-order valence-corrected chi connectivity index (χ3v) is 2.68. The Labute approximate surface area is 69.3 Å². The van der Waals surface area contributed by atoms with Crippen LogP contribution in [0.25, 0.3) is 0 Å². The van der Waals surface area contributed by atoms with E-state index in [-0.39, 0.29) is 6.10 Å². The highest BCUT2D eigenvalue weighted by Crippen LogP contribution is 2.26. The minimum absolute atomic E-state index is 0.336. The first-order valence-electron chi connectivity index (χ1n) is 3.16. The Morgan fingerprint density at radius 1 is 1.80 bits per heavy atom. The van der Waals surface area contributed by atoms with Crippen molar-refractivity contribution in [3.8, 4) is 0 Å². The van der Waals surface area contributed by atoms with Gasteiger partial charge in [-0.2, -0.15) is 0 Å². The Balaban J connectivity index is 2.74. The maximum absolute atomic E-state index is 9.29. The van der Waals surface area contributed by atoms with E-state index in [1.54, 1.807) is 6.07 Å². The largest absolute Gasteiger partial charge is 0.388 e. The molecule has 0 aliphatic carbocycles. The summed E-state index contributed by atoms with van der Waals surface area (Å²) in [6, 6.07) is 1.81. The molecule has 0 bridgehead atoms. The molecular formula is C7H9ClOS. The van der Waals surface area contributed by atoms with Crippen LogP contribution in [0.4, 0.5) is 0 Å². The Bertz CT molecular complexity index is 209. The van der Waals surface area contributed by atoms with E-state index in [4.69, 9.17) is 11.6 Å². The van der Waals surface area contributed by atoms with E-state index in [1.807, 2.05) is 12.3 Å². The van der Waals surface area contributed by atoms with Crippen molar-refractivity contribution in [1.29, 1.82) is 0 Å². The van der Waals surface area contributed by atoms with E-state index in [9.17, 15) is 5.11 Å². The van der Waals surface area contributed by atoms with E-state index >= 15 is 0 Å². The predicted octanol–water partition coefficient (Wildman–Crippen LogP) is 2.84. The van der Waals surface area contributed by atoms with Gasteiger partial charge in [-0.15, -0.1) is 11.3 Å². The lowest BCUT2D eigenvalue weighted by Crippen LogP contribution is -1.89. The van der Waals surface area contributed by atoms with Crippen molar-refractivity contribution in [3.63, 3.8) is 0 Å². The fourth-order valence-electron chi connectivity index (χ4n) is 0.704. The second kappa shape index (κ2) is 3.37. The average molecular weight is 177 g/mol. The number of hydrogen-bond acceptors (Lipinski definition) is 2. The first kappa shape index (κ1) is 8.05. The number of halogens is 1. The molecule has 1 unspecified atom stereocenters. The predicted molar refractivity (Wildman–Crippen MR) is 44.6 cm³/mol. The van der Waals surface area contributed by atoms with Gasteiger partial charge in [-0.1, -0.05) is 18.5 Å². The van der Waals surface area contributed by atoms with Crippen LogP contribution in [0.15, 0.2) is 11.4 Å². The van der Waals surface area contributed by atoms with E-state index in [0.717, 1.165) is 11.3 Å². The van der Waals surface area contributed by atoms with E-state index in [2.05, 4.69) is 0 Å². The Kier molecular flexibility index (Phi) is 2.72. The van der Waals surface area contributed by atoms with Crippen LogP contribution in [0.1, 0.15) is 24.3 Å². The second-order valence-corrected chi connectivity index (χ2v) is 3.47. The maximum atomic E-state index is 9.29. The zero-order chi connectivity index (χ0) is 7.56. The molecule has 3 heteroatoms. The van der Waals surface area contributed by atoms with Gasteiger partial charge in [0.2, 0.25) is 0 Å². The van der Waals surface area contributed by atoms with Crippen molar-refractivity contribution in [2.45, 2.75) is 19.4 Å². The molecule has 0 aromatic carbocycles. The molecule has 0 aliphatic heterocycles. The number of aliphatic hydroxyl groups excluding tert-OH is 1. The summed E-state index contributed by atoms with van der Waals surface area (Å²) in [5.74, 6) is 0. The van der Waals surface area contributed by atoms with E-state index < -0.39 is 0 Å². The van der Waals surface area contributed by atoms with Crippen molar-refractivity contribution >= 4 is 22.9 Å². The molecule has 56 valence electrons. The summed E-state index contributed by atoms with van der Waals surface area (Å²) in [5.41, 5.74) is 0. The van der Waals surface area contributed by atoms with Crippen LogP contribution in [-0.2, 0) is 0 Å². The Morgan fingerprint density at radius 2 is 2.50 bits per heavy atom. The van der Waals surface area contributed by atoms with Crippen LogP contribution in [0, 0.1) is 0 Å². The molecule has 0 spiro atoms. The first-order chi connectivity index (χ1) is 4.74. The van der Waals surface area contributed by atoms with Gasteiger partial charge in [0.25, 0.3) is 0 Å². The van der Waals surface area contributed by atoms with Crippen LogP contribution in [0.3, 0.4) is 0 Å². The standard InChI is InChI=1S/C7H9ClOS/c1-2-6(9)7-3-5(8)4-10-7/h3-4,6,9H,2H2,1H3. The van der Waals surface area contributed by atoms with Gasteiger partial charge >= 0.3 is 0 Å². The highest BCUT2D eigenvalue weighted by atomic mass is 35.5. The van der Waals surface area contributed by atoms with Gasteiger partial charge in [-0.25, -0.2) is 0 Å². The molecule has 0 amide bonds. The highest BCUT2D eigenvalue weighted by molar-refractivity contribution is 7.10. The van der Waals surface area contributed by atoms with Gasteiger partial charge in [0.15, 0.2) is 0 Å². The molecule has 0 fully saturated rings. The van der Waals surface area contributed by atoms with Crippen LogP contribution in [-0.4, -0.2) is 5.11 Å². The highest BCUT2D eigenvalue weighted by Gasteiger charge is 2.06. The molecule has 1 rings (SSSR count). The van der Waals surface area contributed by atoms with Crippen LogP contribution >= 0.6 is 22.9 Å². The van der Waals surface area contributed by atoms with Crippen molar-refractivity contribution < 1.29 is 5.11 Å². The number of aliphatic hydroxyl groups is 1. The van der Waals surface area contributed by atoms with E-state index in [1.165, 1.54) is 11.3 Å². The van der Waals surface area contributed by atoms with Gasteiger partial charge < -0.3 is 5.11 Å². The zero-order valence-corrected chi connectivity index (χ0v) is 7.25. The topological polar surface area (TPSA) is 20.2 Å². The third kappa shape index (κ3) is 1.72. The zero-order valence-electron chi connectivity index (χ0n) is 5.67. The molecule has 1 nitrogen and oxygen atoms in total. The minimum atomic E-state index is -0.336. The summed E-state index contributed by atoms with van der Waals surface area (Å²) < 4.78 is 0. The molecule has 1 heterocycles. The van der Waals surface area contributed by atoms with Crippen molar-refractivity contribution in [1.82, 2.24) is 0 Å². The van der Waals surface area contributed by atoms with Gasteiger partial charge in [-0.05, 0) is 12.5 Å². The quantitative estimate of drug-likeness (QED) is 0.735. The van der Waals surface area contributed by atoms with Crippen molar-refractivity contribution in [3.05, 3.63) is 21.3 Å². The summed E-state index contributed by atoms with van der Waals surface area (Å²) in [6.45, 7) is 1.94. The summed E-state index contributed by atoms with van der Waals surface area (Å²) >= 11 is 7.16. The molecule has 0 aliphatic rings. The van der Waals surface area contributed by atoms with Crippen LogP contribution in [0.5, 0.6) is 0 Å². The lowest BCUT2D eigenvalue weighted by atomic mass is 10.2. The fraction of sp³-hybridized carbons (Fsp3) is 0.429. The third-order valence-electron chi connectivity index (χ3n) is 1.30. The number of rotatable bonds is 2. The molecule has 1 aromatic rings. The fourth-order valence-corrected chi connectivity index (χ4v) is 1.86. The molecule has 1 N–H and O–H groups in total. The molecule has 10 heavy (non-hydrogen) atoms. The maximum Gasteiger partial charge on any atom is 0.0879 e. The Morgan fingerprint density at radius 3 is 2.90 bits per heavy atom. The number of thiophene rings is 1. The lowest BCUT2D eigenvalue weighted by Gasteiger charge is -2.01. The molecule has 0 radical (unpaired) electrons. The van der Waals surface area contributed by atoms with Crippen molar-refractivity contribution in [2.24, 2.45) is 0 Å². The molecule has 1 aromatic heterocycles. The van der Waals surface area contributed by atoms with Crippen LogP contribution < -0.4 is 0 Å². The SMILES string of the molecule is CCC(O)c1cc(Cl)cs1. The minimum Gasteiger partial charge on any atom is -0.388 e. The van der Waals surface area contributed by atoms with Gasteiger partial charge in [0.1, 0.15) is 0 Å². The first-order valence-corrected chi connectivity index (χ1v) is 4.41. The molecular weight excluding hydrogens is 168 g/mol. The van der Waals surface area contributed by atoms with Gasteiger partial charge in [-0.3, -0.25) is 0 Å². The van der Waals surface area contributed by atoms with Crippen LogP contribution in [0.2, 0.25) is 5.02 Å². The molecule has 1 atom stereocenters. The second-order valence-electron chi connectivity index (χ2n) is 2.09. The molecule has 0 saturated heterocycles. The smallest absolute Gasteiger partial charge is 0.0879 e. The van der Waals surface area contributed by atoms with Gasteiger partial charge in [0, 0.05) is 10.3 Å². The van der Waals surface area contributed by atoms with Gasteiger partial charge in [0.05, 0.1) is 11.1 Å². The molecule has 0 saturated carbocycles. The summed E-state index contributed by atoms with van der Waals surface area (Å²) in [6.07, 6.45) is 0.411. The average Bonchev–Trinajstić information content (AvgIpc) is 2.34. The normalized spacial score (nSPS) is 13.5. The summed E-state index contributed by atoms with van der Waals surface area (Å²) in [4.78, 5) is 0.951. The van der Waals surface area contributed by atoms with E-state index in [0.29, 0.717) is 5.02 Å². The number of hydrogen-bond donors (Lipinski definition) is 1. The Hall–Kier alpha value is -0.0500.